The van der Waals surface area contributed by atoms with Gasteiger partial charge in [0.25, 0.3) is 5.91 Å². The van der Waals surface area contributed by atoms with Crippen LogP contribution in [0, 0.1) is 17.8 Å². The fraction of sp³-hybridized carbons (Fsp3) is 0.500. The van der Waals surface area contributed by atoms with Crippen molar-refractivity contribution in [2.75, 3.05) is 32.9 Å². The molecule has 4 aromatic rings. The number of esters is 1. The van der Waals surface area contributed by atoms with Gasteiger partial charge in [-0.15, -0.1) is 0 Å². The van der Waals surface area contributed by atoms with Gasteiger partial charge in [0.05, 0.1) is 13.2 Å². The molecule has 14 nitrogen and oxygen atoms in total. The molecule has 3 amide bonds. The molecule has 0 aromatic heterocycles. The summed E-state index contributed by atoms with van der Waals surface area (Å²) < 4.78 is 18.4. The highest BCUT2D eigenvalue weighted by Crippen LogP contribution is 2.45. The molecule has 14 heteroatoms. The second kappa shape index (κ2) is 26.0. The average molecular weight is 882 g/mol. The van der Waals surface area contributed by atoms with Crippen LogP contribution in [0.1, 0.15) is 92.9 Å². The minimum atomic E-state index is -1.08. The van der Waals surface area contributed by atoms with Gasteiger partial charge in [-0.05, 0) is 109 Å². The molecule has 348 valence electrons. The number of nitrogens with two attached hydrogens (primary N) is 3. The molecule has 4 rings (SSSR count). The third-order valence-corrected chi connectivity index (χ3v) is 10.8. The monoisotopic (exact) mass is 882 g/mol. The lowest BCUT2D eigenvalue weighted by molar-refractivity contribution is -0.149. The summed E-state index contributed by atoms with van der Waals surface area (Å²) in [4.78, 5) is 59.1. The number of ether oxygens (including phenoxy) is 3. The van der Waals surface area contributed by atoms with E-state index in [4.69, 9.17) is 31.4 Å². The summed E-state index contributed by atoms with van der Waals surface area (Å²) in [6.45, 7) is 13.2. The van der Waals surface area contributed by atoms with E-state index >= 15 is 0 Å². The van der Waals surface area contributed by atoms with Gasteiger partial charge in [0.2, 0.25) is 11.8 Å². The lowest BCUT2D eigenvalue weighted by Crippen LogP contribution is -2.56. The quantitative estimate of drug-likeness (QED) is 0.0160. The second-order valence-corrected chi connectivity index (χ2v) is 17.6. The smallest absolute Gasteiger partial charge is 0.328 e. The van der Waals surface area contributed by atoms with E-state index in [1.807, 2.05) is 88.4 Å². The van der Waals surface area contributed by atoms with Crippen molar-refractivity contribution in [2.45, 2.75) is 111 Å². The number of guanidine groups is 1. The Morgan fingerprint density at radius 2 is 1.12 bits per heavy atom. The minimum Gasteiger partial charge on any atom is -0.493 e. The van der Waals surface area contributed by atoms with Crippen molar-refractivity contribution in [2.24, 2.45) is 39.9 Å². The van der Waals surface area contributed by atoms with Gasteiger partial charge in [-0.25, -0.2) is 4.79 Å². The zero-order valence-electron chi connectivity index (χ0n) is 38.6. The number of carbonyl (C=O) groups is 4. The maximum absolute atomic E-state index is 14.1. The fourth-order valence-corrected chi connectivity index (χ4v) is 7.30. The number of nitrogens with zero attached hydrogens (tertiary/aromatic N) is 1. The summed E-state index contributed by atoms with van der Waals surface area (Å²) in [5.41, 5.74) is 18.5. The van der Waals surface area contributed by atoms with Gasteiger partial charge in [-0.2, -0.15) is 0 Å². The molecule has 0 radical (unpaired) electrons. The van der Waals surface area contributed by atoms with Crippen LogP contribution in [0.4, 0.5) is 0 Å². The summed E-state index contributed by atoms with van der Waals surface area (Å²) in [5.74, 6) is -0.281. The third kappa shape index (κ3) is 16.0. The van der Waals surface area contributed by atoms with Crippen molar-refractivity contribution in [1.82, 2.24) is 16.0 Å². The predicted octanol–water partition coefficient (Wildman–Crippen LogP) is 6.74. The Morgan fingerprint density at radius 1 is 0.594 bits per heavy atom. The molecule has 0 aliphatic carbocycles. The summed E-state index contributed by atoms with van der Waals surface area (Å²) in [7, 11) is 0. The van der Waals surface area contributed by atoms with E-state index in [0.29, 0.717) is 68.6 Å². The number of benzene rings is 4. The van der Waals surface area contributed by atoms with Crippen LogP contribution in [0.15, 0.2) is 77.8 Å². The van der Waals surface area contributed by atoms with Gasteiger partial charge >= 0.3 is 5.97 Å². The maximum atomic E-state index is 14.1. The predicted molar refractivity (Wildman–Crippen MR) is 256 cm³/mol. The van der Waals surface area contributed by atoms with Crippen LogP contribution >= 0.6 is 0 Å². The first kappa shape index (κ1) is 50.8. The number of unbranched alkanes of at least 4 members (excludes halogenated alkanes) is 1. The highest BCUT2D eigenvalue weighted by molar-refractivity contribution is 6.10. The van der Waals surface area contributed by atoms with Gasteiger partial charge in [0.15, 0.2) is 12.6 Å². The van der Waals surface area contributed by atoms with Gasteiger partial charge in [-0.1, -0.05) is 102 Å². The number of amides is 3. The molecule has 0 unspecified atom stereocenters. The van der Waals surface area contributed by atoms with E-state index in [9.17, 15) is 19.2 Å². The van der Waals surface area contributed by atoms with Crippen LogP contribution in [0.5, 0.6) is 11.5 Å². The van der Waals surface area contributed by atoms with Crippen molar-refractivity contribution in [3.8, 4) is 22.6 Å². The zero-order valence-corrected chi connectivity index (χ0v) is 38.6. The zero-order chi connectivity index (χ0) is 46.6. The van der Waals surface area contributed by atoms with Gasteiger partial charge in [0, 0.05) is 17.7 Å². The number of aliphatic imine (C=N–C) groups is 1. The molecular formula is C50H71N7O7. The Labute approximate surface area is 378 Å². The maximum Gasteiger partial charge on any atom is 0.328 e. The lowest BCUT2D eigenvalue weighted by Gasteiger charge is -2.26. The molecule has 9 N–H and O–H groups in total. The van der Waals surface area contributed by atoms with Gasteiger partial charge in [-0.3, -0.25) is 19.4 Å². The van der Waals surface area contributed by atoms with E-state index in [1.165, 1.54) is 0 Å². The summed E-state index contributed by atoms with van der Waals surface area (Å²) in [6, 6.07) is 20.9. The lowest BCUT2D eigenvalue weighted by atomic mass is 9.92. The molecule has 0 saturated carbocycles. The standard InChI is InChI=1S/C50H71N7O7/c1-32(2)24-28-62-42-22-20-35-14-7-9-16-37(35)45(42)46-38-17-10-8-15-36(38)21-23-43(46)64-31-44(58)55-39(18-11-12-26-51)47(59)56-40(19-13-27-54-50(52)53)48(60)57-41(30-34(5)6)49(61)63-29-25-33(3)4/h7-10,14-17,20-23,32-34,39-41H,11-13,18-19,24-31,51H2,1-6H3,(H,55,58)(H,56,59)(H,57,60)(H4,52,53,54)/t39-,40+,41+/m0/s1. The molecule has 0 spiro atoms. The fourth-order valence-electron chi connectivity index (χ4n) is 7.30. The first-order chi connectivity index (χ1) is 30.7. The van der Waals surface area contributed by atoms with E-state index in [1.54, 1.807) is 0 Å². The van der Waals surface area contributed by atoms with Gasteiger partial charge in [0.1, 0.15) is 29.6 Å². The Hall–Kier alpha value is -5.89. The SMILES string of the molecule is CC(C)CCOC(=O)[C@@H](CC(C)C)NC(=O)[C@@H](CCCN=C(N)N)NC(=O)[C@H](CCCCN)NC(=O)COc1ccc2ccccc2c1-c1c(OCCC(C)C)ccc2ccccc12. The molecule has 64 heavy (non-hydrogen) atoms. The molecule has 3 atom stereocenters. The van der Waals surface area contributed by atoms with E-state index in [0.717, 1.165) is 39.1 Å². The Morgan fingerprint density at radius 3 is 1.69 bits per heavy atom. The van der Waals surface area contributed by atoms with Gasteiger partial charge < -0.3 is 47.4 Å². The van der Waals surface area contributed by atoms with E-state index in [2.05, 4.69) is 46.9 Å². The highest BCUT2D eigenvalue weighted by Gasteiger charge is 2.31. The summed E-state index contributed by atoms with van der Waals surface area (Å²) in [6.07, 6.45) is 3.79. The molecule has 0 heterocycles. The Kier molecular flexibility index (Phi) is 20.6. The normalized spacial score (nSPS) is 12.8. The molecule has 0 bridgehead atoms. The van der Waals surface area contributed by atoms with Crippen LogP contribution in [-0.2, 0) is 23.9 Å². The first-order valence-electron chi connectivity index (χ1n) is 22.8. The molecule has 4 aromatic carbocycles. The summed E-state index contributed by atoms with van der Waals surface area (Å²) in [5, 5.41) is 12.5. The minimum absolute atomic E-state index is 0.0602. The number of carbonyl (C=O) groups excluding carboxylic acids is 4. The molecule has 0 aliphatic rings. The molecular weight excluding hydrogens is 811 g/mol. The van der Waals surface area contributed by atoms with Crippen molar-refractivity contribution in [3.63, 3.8) is 0 Å². The molecule has 0 saturated heterocycles. The molecule has 0 fully saturated rings. The van der Waals surface area contributed by atoms with Crippen LogP contribution in [0.25, 0.3) is 32.7 Å². The topological polar surface area (TPSA) is 222 Å². The number of fused-ring (bicyclic) bond motifs is 2. The molecule has 0 aliphatic heterocycles. The number of hydrogen-bond acceptors (Lipinski definition) is 9. The van der Waals surface area contributed by atoms with E-state index < -0.39 is 48.4 Å². The second-order valence-electron chi connectivity index (χ2n) is 17.6. The average Bonchev–Trinajstić information content (AvgIpc) is 3.25. The van der Waals surface area contributed by atoms with Crippen molar-refractivity contribution in [3.05, 3.63) is 72.8 Å². The number of hydrogen-bond donors (Lipinski definition) is 6. The van der Waals surface area contributed by atoms with Crippen molar-refractivity contribution in [1.29, 1.82) is 0 Å². The Balaban J connectivity index is 1.60. The number of rotatable bonds is 27. The summed E-state index contributed by atoms with van der Waals surface area (Å²) >= 11 is 0. The van der Waals surface area contributed by atoms with Crippen LogP contribution in [-0.4, -0.2) is 80.7 Å². The Bertz CT molecular complexity index is 2170. The van der Waals surface area contributed by atoms with Crippen LogP contribution in [0.2, 0.25) is 0 Å². The van der Waals surface area contributed by atoms with Crippen molar-refractivity contribution < 1.29 is 33.4 Å². The highest BCUT2D eigenvalue weighted by atomic mass is 16.5. The van der Waals surface area contributed by atoms with Crippen LogP contribution < -0.4 is 42.6 Å². The van der Waals surface area contributed by atoms with Crippen LogP contribution in [0.3, 0.4) is 0 Å². The van der Waals surface area contributed by atoms with Crippen molar-refractivity contribution >= 4 is 51.2 Å². The largest absolute Gasteiger partial charge is 0.493 e. The first-order valence-corrected chi connectivity index (χ1v) is 22.8. The third-order valence-electron chi connectivity index (χ3n) is 10.8. The number of nitrogens with one attached hydrogen (secondary N) is 3. The van der Waals surface area contributed by atoms with E-state index in [-0.39, 0.29) is 37.9 Å².